The number of nitrogens with zero attached hydrogens (tertiary/aromatic N) is 6. The number of piperidine rings is 1. The van der Waals surface area contributed by atoms with E-state index in [9.17, 15) is 10.1 Å². The maximum Gasteiger partial charge on any atom is 0.265 e. The molecule has 1 saturated carbocycles. The van der Waals surface area contributed by atoms with Crippen LogP contribution in [0.2, 0.25) is 5.02 Å². The fraction of sp³-hybridized carbons (Fsp3) is 0.471. The summed E-state index contributed by atoms with van der Waals surface area (Å²) in [7, 11) is 0. The molecule has 3 N–H and O–H groups in total. The zero-order valence-electron chi connectivity index (χ0n) is 26.0. The van der Waals surface area contributed by atoms with Crippen LogP contribution in [0.4, 0.5) is 11.5 Å². The molecule has 11 nitrogen and oxygen atoms in total. The first kappa shape index (κ1) is 31.9. The number of likely N-dealkylation sites (tertiary alicyclic amines) is 1. The molecule has 46 heavy (non-hydrogen) atoms. The molecule has 3 fully saturated rings. The van der Waals surface area contributed by atoms with Crippen LogP contribution in [-0.4, -0.2) is 70.9 Å². The number of nitriles is 1. The van der Waals surface area contributed by atoms with Gasteiger partial charge in [0, 0.05) is 36.3 Å². The second-order valence-corrected chi connectivity index (χ2v) is 13.0. The van der Waals surface area contributed by atoms with Crippen LogP contribution in [0.1, 0.15) is 61.7 Å². The lowest BCUT2D eigenvalue weighted by molar-refractivity contribution is -0.121. The molecule has 1 unspecified atom stereocenters. The summed E-state index contributed by atoms with van der Waals surface area (Å²) in [5, 5.41) is 18.4. The molecule has 1 amide bonds. The van der Waals surface area contributed by atoms with Crippen molar-refractivity contribution < 1.29 is 14.3 Å². The predicted octanol–water partition coefficient (Wildman–Crippen LogP) is 5.03. The van der Waals surface area contributed by atoms with E-state index in [1.54, 1.807) is 23.1 Å². The first-order chi connectivity index (χ1) is 22.3. The van der Waals surface area contributed by atoms with Crippen molar-refractivity contribution in [1.82, 2.24) is 19.9 Å². The summed E-state index contributed by atoms with van der Waals surface area (Å²) in [6.45, 7) is 6.93. The average molecular weight is 643 g/mol. The van der Waals surface area contributed by atoms with Crippen LogP contribution >= 0.6 is 11.6 Å². The number of halogens is 1. The maximum atomic E-state index is 12.6. The Morgan fingerprint density at radius 2 is 1.98 bits per heavy atom. The molecule has 1 aliphatic carbocycles. The lowest BCUT2D eigenvalue weighted by Crippen LogP contribution is -2.52. The van der Waals surface area contributed by atoms with Gasteiger partial charge in [-0.25, -0.2) is 15.0 Å². The van der Waals surface area contributed by atoms with Crippen LogP contribution in [0.5, 0.6) is 5.75 Å². The first-order valence-corrected chi connectivity index (χ1v) is 16.3. The Balaban J connectivity index is 0.000000283. The summed E-state index contributed by atoms with van der Waals surface area (Å²) in [4.78, 5) is 29.6. The van der Waals surface area contributed by atoms with Crippen molar-refractivity contribution in [1.29, 1.82) is 10.7 Å². The Kier molecular flexibility index (Phi) is 9.78. The van der Waals surface area contributed by atoms with Crippen LogP contribution < -0.4 is 15.4 Å². The van der Waals surface area contributed by atoms with Crippen molar-refractivity contribution >= 4 is 35.2 Å². The quantitative estimate of drug-likeness (QED) is 0.338. The monoisotopic (exact) mass is 642 g/mol. The molecule has 5 heterocycles. The van der Waals surface area contributed by atoms with E-state index in [2.05, 4.69) is 32.8 Å². The van der Waals surface area contributed by atoms with Crippen molar-refractivity contribution in [2.24, 2.45) is 11.8 Å². The fourth-order valence-electron chi connectivity index (χ4n) is 6.44. The summed E-state index contributed by atoms with van der Waals surface area (Å²) in [6, 6.07) is 8.39. The summed E-state index contributed by atoms with van der Waals surface area (Å²) < 4.78 is 10.9. The third-order valence-corrected chi connectivity index (χ3v) is 9.49. The van der Waals surface area contributed by atoms with E-state index in [-0.39, 0.29) is 24.9 Å². The summed E-state index contributed by atoms with van der Waals surface area (Å²) >= 11 is 5.87. The van der Waals surface area contributed by atoms with Gasteiger partial charge in [0.25, 0.3) is 5.91 Å². The van der Waals surface area contributed by atoms with Crippen LogP contribution in [0.3, 0.4) is 0 Å². The number of hydrogen-bond acceptors (Lipinski definition) is 10. The van der Waals surface area contributed by atoms with Gasteiger partial charge >= 0.3 is 0 Å². The molecule has 3 aliphatic heterocycles. The Labute approximate surface area is 274 Å². The van der Waals surface area contributed by atoms with Gasteiger partial charge < -0.3 is 20.6 Å². The van der Waals surface area contributed by atoms with E-state index < -0.39 is 0 Å². The van der Waals surface area contributed by atoms with E-state index in [1.807, 2.05) is 0 Å². The van der Waals surface area contributed by atoms with Crippen molar-refractivity contribution in [3.8, 4) is 22.9 Å². The molecule has 2 aromatic heterocycles. The Bertz CT molecular complexity index is 1630. The predicted molar refractivity (Wildman–Crippen MR) is 176 cm³/mol. The number of carbonyl (C=O) groups is 1. The van der Waals surface area contributed by atoms with Gasteiger partial charge in [-0.05, 0) is 55.3 Å². The number of aromatic nitrogens is 3. The summed E-state index contributed by atoms with van der Waals surface area (Å²) in [5.41, 5.74) is 9.48. The molecule has 240 valence electrons. The van der Waals surface area contributed by atoms with Gasteiger partial charge in [0.15, 0.2) is 6.61 Å². The van der Waals surface area contributed by atoms with E-state index in [1.165, 1.54) is 44.7 Å². The van der Waals surface area contributed by atoms with E-state index in [0.717, 1.165) is 44.2 Å². The highest BCUT2D eigenvalue weighted by molar-refractivity contribution is 6.30. The highest BCUT2D eigenvalue weighted by atomic mass is 35.5. The number of rotatable bonds is 7. The number of anilines is 2. The van der Waals surface area contributed by atoms with Gasteiger partial charge in [0.05, 0.1) is 47.8 Å². The summed E-state index contributed by atoms with van der Waals surface area (Å²) in [6.07, 6.45) is 11.0. The lowest BCUT2D eigenvalue weighted by Gasteiger charge is -2.41. The molecule has 2 saturated heterocycles. The zero-order valence-corrected chi connectivity index (χ0v) is 26.8. The molecule has 1 aromatic carbocycles. The number of amides is 1. The van der Waals surface area contributed by atoms with Crippen molar-refractivity contribution in [2.45, 2.75) is 58.0 Å². The van der Waals surface area contributed by atoms with Crippen molar-refractivity contribution in [2.75, 3.05) is 43.5 Å². The van der Waals surface area contributed by atoms with Crippen LogP contribution in [0.25, 0.3) is 11.1 Å². The third kappa shape index (κ3) is 6.84. The molecule has 0 radical (unpaired) electrons. The number of fused-ring (bicyclic) bond motifs is 1. The molecule has 7 rings (SSSR count). The van der Waals surface area contributed by atoms with Gasteiger partial charge in [-0.1, -0.05) is 43.9 Å². The molecule has 1 atom stereocenters. The minimum atomic E-state index is -0.224. The molecular formula is C34H39ClN8O3. The van der Waals surface area contributed by atoms with Crippen LogP contribution in [0.15, 0.2) is 30.6 Å². The molecule has 3 aromatic rings. The normalized spacial score (nSPS) is 19.9. The largest absolute Gasteiger partial charge is 0.482 e. The zero-order chi connectivity index (χ0) is 32.2. The number of ether oxygens (including phenoxy) is 2. The number of nitrogens with one attached hydrogen (secondary N) is 1. The number of carbonyl (C=O) groups excluding carboxylic acids is 1. The third-order valence-electron chi connectivity index (χ3n) is 9.29. The van der Waals surface area contributed by atoms with E-state index in [0.29, 0.717) is 62.6 Å². The smallest absolute Gasteiger partial charge is 0.265 e. The topological polar surface area (TPSA) is 154 Å². The maximum absolute atomic E-state index is 12.6. The summed E-state index contributed by atoms with van der Waals surface area (Å²) in [5.74, 6) is 2.32. The van der Waals surface area contributed by atoms with Crippen molar-refractivity contribution in [3.05, 3.63) is 58.3 Å². The molecular weight excluding hydrogens is 604 g/mol. The van der Waals surface area contributed by atoms with Gasteiger partial charge in [-0.3, -0.25) is 14.6 Å². The number of nitrogens with two attached hydrogens (primary N) is 1. The number of benzene rings is 1. The van der Waals surface area contributed by atoms with E-state index >= 15 is 0 Å². The second-order valence-electron chi connectivity index (χ2n) is 12.6. The van der Waals surface area contributed by atoms with Gasteiger partial charge in [-0.15, -0.1) is 0 Å². The molecule has 0 spiro atoms. The Hall–Kier alpha value is -4.11. The van der Waals surface area contributed by atoms with Crippen LogP contribution in [-0.2, 0) is 22.5 Å². The first-order valence-electron chi connectivity index (χ1n) is 15.9. The van der Waals surface area contributed by atoms with Gasteiger partial charge in [0.1, 0.15) is 23.5 Å². The highest BCUT2D eigenvalue weighted by Gasteiger charge is 2.30. The van der Waals surface area contributed by atoms with Crippen molar-refractivity contribution in [3.63, 3.8) is 0 Å². The fourth-order valence-corrected chi connectivity index (χ4v) is 6.54. The standard InChI is InChI=1S/C25H22ClN7O2.C9H17NO/c26-16-10-30-22(31-11-16)12-33-20-5-4-15(7-21(20)35-13-23(33)34)24-17(8-27)19(6-14-2-1-3-14)32-25(29)18(24)9-28;1-8-3-2-4-10(5-8)9-6-11-7-9/h4-5,7,9-11,14,28H,1-3,6,12-13H2,(H2,29,32);8-9H,2-7H2,1H3. The molecule has 12 heteroatoms. The minimum Gasteiger partial charge on any atom is -0.482 e. The molecule has 0 bridgehead atoms. The average Bonchev–Trinajstić information content (AvgIpc) is 3.00. The Morgan fingerprint density at radius 1 is 1.20 bits per heavy atom. The minimum absolute atomic E-state index is 0.141. The number of hydrogen-bond donors (Lipinski definition) is 2. The Morgan fingerprint density at radius 3 is 2.61 bits per heavy atom. The number of pyridine rings is 1. The molecule has 4 aliphatic rings. The van der Waals surface area contributed by atoms with E-state index in [4.69, 9.17) is 32.2 Å². The van der Waals surface area contributed by atoms with Crippen LogP contribution in [0, 0.1) is 28.6 Å². The highest BCUT2D eigenvalue weighted by Crippen LogP contribution is 2.40. The second kappa shape index (κ2) is 14.1. The lowest BCUT2D eigenvalue weighted by atomic mass is 9.80. The number of nitrogen functional groups attached to an aromatic ring is 1. The van der Waals surface area contributed by atoms with Gasteiger partial charge in [0.2, 0.25) is 0 Å². The SMILES string of the molecule is CC1CCCN(C2COC2)C1.N#Cc1c(CC2CCC2)nc(N)c(C=N)c1-c1ccc2c(c1)OCC(=O)N2Cc1ncc(Cl)cn1. The van der Waals surface area contributed by atoms with Gasteiger partial charge in [-0.2, -0.15) is 5.26 Å².